The van der Waals surface area contributed by atoms with Crippen LogP contribution in [0.3, 0.4) is 0 Å². The molecule has 8 N–H and O–H groups in total. The fourth-order valence-corrected chi connectivity index (χ4v) is 14.5. The summed E-state index contributed by atoms with van der Waals surface area (Å²) in [5.74, 6) is 4.17. The van der Waals surface area contributed by atoms with Crippen molar-refractivity contribution in [1.29, 1.82) is 0 Å². The number of carbonyl (C=O) groups excluding carboxylic acids is 2. The van der Waals surface area contributed by atoms with Crippen molar-refractivity contribution in [2.24, 2.45) is 11.3 Å². The van der Waals surface area contributed by atoms with Gasteiger partial charge < -0.3 is 94.1 Å². The van der Waals surface area contributed by atoms with Gasteiger partial charge in [-0.15, -0.1) is 11.8 Å². The number of carbonyl (C=O) groups is 2. The molecule has 6 saturated heterocycles. The number of methoxy groups -OCH3 is 6. The number of ether oxygens (including phenoxy) is 12. The summed E-state index contributed by atoms with van der Waals surface area (Å²) in [6.45, 7) is 15.8. The summed E-state index contributed by atoms with van der Waals surface area (Å²) in [6.07, 6.45) is 14.5. The van der Waals surface area contributed by atoms with Gasteiger partial charge in [-0.25, -0.2) is 39.3 Å². The second-order valence-corrected chi connectivity index (χ2v) is 29.0. The minimum Gasteiger partial charge on any atom is -0.383 e. The van der Waals surface area contributed by atoms with Gasteiger partial charge >= 0.3 is 17.1 Å². The second-order valence-electron chi connectivity index (χ2n) is 26.8. The molecule has 107 heavy (non-hydrogen) atoms. The van der Waals surface area contributed by atoms with Crippen LogP contribution >= 0.6 is 23.5 Å². The Morgan fingerprint density at radius 3 is 1.89 bits per heavy atom. The van der Waals surface area contributed by atoms with Crippen molar-refractivity contribution in [3.63, 3.8) is 0 Å². The summed E-state index contributed by atoms with van der Waals surface area (Å²) < 4.78 is 72.8. The monoisotopic (exact) mass is 1530 g/mol. The lowest BCUT2D eigenvalue weighted by atomic mass is 9.75. The van der Waals surface area contributed by atoms with Crippen LogP contribution in [0.1, 0.15) is 108 Å². The van der Waals surface area contributed by atoms with E-state index in [4.69, 9.17) is 79.8 Å². The number of nitrogens with two attached hydrogens (primary N) is 4. The summed E-state index contributed by atoms with van der Waals surface area (Å²) in [5.41, 5.74) is 24.6. The van der Waals surface area contributed by atoms with Gasteiger partial charge in [0.1, 0.15) is 58.7 Å². The smallest absolute Gasteiger partial charge is 0.351 e. The quantitative estimate of drug-likeness (QED) is 0.0736. The van der Waals surface area contributed by atoms with Crippen LogP contribution in [0.5, 0.6) is 0 Å². The molecule has 1 amide bonds. The number of likely N-dealkylation sites (tertiary alicyclic amines) is 1. The molecule has 39 heteroatoms. The highest BCUT2D eigenvalue weighted by Gasteiger charge is 2.50. The molecule has 7 aliphatic rings. The number of rotatable bonds is 17. The minimum absolute atomic E-state index is 0.0134. The lowest BCUT2D eigenvalue weighted by Crippen LogP contribution is -2.59. The number of anilines is 5. The van der Waals surface area contributed by atoms with Gasteiger partial charge in [-0.2, -0.15) is 19.9 Å². The van der Waals surface area contributed by atoms with Crippen molar-refractivity contribution in [3.05, 3.63) is 104 Å². The van der Waals surface area contributed by atoms with Gasteiger partial charge in [0.15, 0.2) is 41.4 Å². The van der Waals surface area contributed by atoms with E-state index in [2.05, 4.69) is 68.5 Å². The maximum absolute atomic E-state index is 12.3. The molecule has 14 atom stereocenters. The third kappa shape index (κ3) is 20.6. The van der Waals surface area contributed by atoms with Crippen molar-refractivity contribution in [1.82, 2.24) is 72.6 Å². The Kier molecular flexibility index (Phi) is 29.3. The van der Waals surface area contributed by atoms with E-state index in [1.54, 1.807) is 108 Å². The normalized spacial score (nSPS) is 26.4. The molecule has 0 aromatic carbocycles. The van der Waals surface area contributed by atoms with E-state index >= 15 is 0 Å². The number of nitrogen functional groups attached to an aromatic ring is 4. The number of piperidine rings is 1. The molecule has 13 heterocycles. The van der Waals surface area contributed by atoms with E-state index < -0.39 is 11.1 Å². The van der Waals surface area contributed by atoms with E-state index in [0.717, 1.165) is 59.7 Å². The highest BCUT2D eigenvalue weighted by atomic mass is 32.2. The second kappa shape index (κ2) is 37.8. The van der Waals surface area contributed by atoms with Crippen LogP contribution < -0.4 is 44.9 Å². The van der Waals surface area contributed by atoms with Gasteiger partial charge in [0.2, 0.25) is 17.5 Å². The number of amides is 1. The van der Waals surface area contributed by atoms with Crippen molar-refractivity contribution < 1.29 is 66.4 Å². The molecule has 14 rings (SSSR count). The first-order valence-electron chi connectivity index (χ1n) is 34.7. The van der Waals surface area contributed by atoms with Gasteiger partial charge in [0.05, 0.1) is 82.2 Å². The Bertz CT molecular complexity index is 4270. The van der Waals surface area contributed by atoms with Crippen LogP contribution in [0.2, 0.25) is 0 Å². The number of ketones is 1. The molecular weight excluding hydrogens is 1430 g/mol. The van der Waals surface area contributed by atoms with E-state index in [9.17, 15) is 24.0 Å². The van der Waals surface area contributed by atoms with Crippen LogP contribution in [-0.2, 0) is 66.4 Å². The predicted octanol–water partition coefficient (Wildman–Crippen LogP) is 4.09. The number of thioether (sulfide) groups is 2. The summed E-state index contributed by atoms with van der Waals surface area (Å²) in [7, 11) is 13.7. The average molecular weight is 1530 g/mol. The number of fused-ring (bicyclic) bond motifs is 2. The molecule has 7 aromatic rings. The van der Waals surface area contributed by atoms with Gasteiger partial charge in [-0.3, -0.25) is 27.9 Å². The zero-order valence-corrected chi connectivity index (χ0v) is 64.6. The zero-order valence-electron chi connectivity index (χ0n) is 63.0. The molecule has 0 radical (unpaired) electrons. The van der Waals surface area contributed by atoms with Crippen LogP contribution in [0.4, 0.5) is 29.2 Å². The van der Waals surface area contributed by atoms with E-state index in [1.165, 1.54) is 25.5 Å². The van der Waals surface area contributed by atoms with Crippen LogP contribution in [-0.4, -0.2) is 234 Å². The summed E-state index contributed by atoms with van der Waals surface area (Å²) >= 11 is 3.12. The molecule has 6 fully saturated rings. The van der Waals surface area contributed by atoms with E-state index in [0.29, 0.717) is 61.6 Å². The number of Topliss-reactive ketones (excluding diaryl/α,β-unsaturated/α-hetero) is 1. The Morgan fingerprint density at radius 1 is 0.617 bits per heavy atom. The van der Waals surface area contributed by atoms with Crippen molar-refractivity contribution in [2.45, 2.75) is 159 Å². The minimum atomic E-state index is -0.514. The summed E-state index contributed by atoms with van der Waals surface area (Å²) in [6, 6.07) is 3.28. The number of hydrogen-bond acceptors (Lipinski definition) is 33. The first kappa shape index (κ1) is 82.9. The number of allylic oxidation sites excluding steroid dienone is 1. The summed E-state index contributed by atoms with van der Waals surface area (Å²) in [4.78, 5) is 99.9. The lowest BCUT2D eigenvalue weighted by Gasteiger charge is -2.45. The number of aromatic nitrogens is 14. The topological polar surface area (TPSA) is 447 Å². The highest BCUT2D eigenvalue weighted by molar-refractivity contribution is 8.00. The number of nitrogens with zero attached hydrogens (tertiary/aromatic N) is 16. The first-order valence-corrected chi connectivity index (χ1v) is 36.8. The Morgan fingerprint density at radius 2 is 1.25 bits per heavy atom. The number of imidazole rings is 2. The lowest BCUT2D eigenvalue weighted by molar-refractivity contribution is -0.168. The molecule has 14 unspecified atom stereocenters. The van der Waals surface area contributed by atoms with Gasteiger partial charge in [-0.1, -0.05) is 44.7 Å². The Balaban J connectivity index is 0.000000149. The number of hydrogen-bond donors (Lipinski definition) is 4. The molecule has 7 aromatic heterocycles. The first-order chi connectivity index (χ1) is 51.1. The summed E-state index contributed by atoms with van der Waals surface area (Å²) in [5, 5.41) is 0. The van der Waals surface area contributed by atoms with Gasteiger partial charge in [0, 0.05) is 110 Å². The van der Waals surface area contributed by atoms with Gasteiger partial charge in [-0.05, 0) is 65.0 Å². The molecule has 6 aliphatic heterocycles. The highest BCUT2D eigenvalue weighted by Crippen LogP contribution is 2.40. The largest absolute Gasteiger partial charge is 0.383 e. The fourth-order valence-electron chi connectivity index (χ4n) is 12.5. The maximum Gasteiger partial charge on any atom is 0.351 e. The average Bonchev–Trinajstić information content (AvgIpc) is 1.70. The molecule has 0 spiro atoms. The Labute approximate surface area is 627 Å². The van der Waals surface area contributed by atoms with Crippen LogP contribution in [0.15, 0.2) is 69.9 Å². The van der Waals surface area contributed by atoms with E-state index in [-0.39, 0.29) is 132 Å². The molecule has 586 valence electrons. The maximum atomic E-state index is 12.3. The predicted molar refractivity (Wildman–Crippen MR) is 398 cm³/mol. The Hall–Kier alpha value is -8.16. The van der Waals surface area contributed by atoms with Gasteiger partial charge in [0.25, 0.3) is 0 Å². The van der Waals surface area contributed by atoms with Crippen molar-refractivity contribution >= 4 is 86.8 Å². The molecule has 0 bridgehead atoms. The third-order valence-corrected chi connectivity index (χ3v) is 20.8. The standard InChI is InChI=1S/C15H25NO4.C14H19N5O.C11H15N5O3.C10H15N3O3.2C9H13N3O3S/c1-9-6-14(20-11(9)8-19-5)16-10(2)15(3,4)12(17)7-13(16)18;1-9-16-13(18(2)3)12-14(17-9)19(8-15-12)10-5-6-11(7-10)20-4;1-6-9-10(15-11(12)14-6)16(5-13-9)7-3-18-8(19-7)4-17-2;1-15-6-7-2-3-9(16-7)13-5-4-8(11)12-10(13)14;1-5-3-12(8(13)11-7(5)10)6-4-16-9(14-2)15-6;1-14-4-8-15-7(5-16-8)12-3-2-6(10)11-9(12)13/h9-11,14H,6-8H2,1-5H3;5-6,8,10-11H,7H2,1-4H3;5,7-8H,3-4H2,1-2H3,(H2,12,14,15);4-5,7,9H,2-3,6H2,1H3,(H2,11,12,14);3,6,9H,4H2,1-2H3,(H2,10,11,13);2-3,7-8H,4-5H2,1H3,(H2,10,11,13). The third-order valence-electron chi connectivity index (χ3n) is 18.7. The van der Waals surface area contributed by atoms with Crippen molar-refractivity contribution in [2.75, 3.05) is 129 Å². The molecule has 37 nitrogen and oxygen atoms in total. The molecule has 0 saturated carbocycles. The van der Waals surface area contributed by atoms with Crippen LogP contribution in [0, 0.1) is 32.1 Å². The van der Waals surface area contributed by atoms with Crippen molar-refractivity contribution in [3.8, 4) is 0 Å². The number of aryl methyl sites for hydroxylation is 3. The SMILES string of the molecule is COC1C=CC(n2cnc3c(N(C)C)nc(C)nc32)C1.COC1OC(n2cc(C)c(N)nc2=O)CS1.COCC1CCC(n2ccc(N)nc2=O)O1.COCC1OC(N2C(=O)CC(=O)C(C)(C)C2C)CC1C.COCC1OC(n2ccc(N)nc2=O)CS1.COCC1OCC(n2cnc3c(C)nc(N)nc32)O1. The molecular formula is C68H100N20O17S2. The van der Waals surface area contributed by atoms with Crippen LogP contribution in [0.25, 0.3) is 22.3 Å². The fraction of sp³-hybridized carbons (Fsp3) is 0.618. The van der Waals surface area contributed by atoms with E-state index in [1.807, 2.05) is 59.9 Å². The zero-order chi connectivity index (χ0) is 77.6. The molecule has 1 aliphatic carbocycles.